The molecule has 1 aliphatic rings. The molecule has 0 spiro atoms. The number of esters is 5. The van der Waals surface area contributed by atoms with Crippen molar-refractivity contribution in [3.8, 4) is 0 Å². The van der Waals surface area contributed by atoms with E-state index >= 15 is 0 Å². The van der Waals surface area contributed by atoms with E-state index < -0.39 is 95.9 Å². The Hall–Kier alpha value is -3.40. The average Bonchev–Trinajstić information content (AvgIpc) is 3.03. The third-order valence-corrected chi connectivity index (χ3v) is 9.54. The largest absolute Gasteiger partial charge is 0.466 e. The van der Waals surface area contributed by atoms with Gasteiger partial charge in [0.15, 0.2) is 12.2 Å². The zero-order valence-electron chi connectivity index (χ0n) is 33.2. The van der Waals surface area contributed by atoms with E-state index in [9.17, 15) is 33.6 Å². The first-order valence-electron chi connectivity index (χ1n) is 18.4. The maximum atomic E-state index is 13.8. The van der Waals surface area contributed by atoms with E-state index in [1.165, 1.54) is 32.1 Å². The summed E-state index contributed by atoms with van der Waals surface area (Å²) in [5, 5.41) is 0. The number of hydrogen-bond donors (Lipinski definition) is 0. The van der Waals surface area contributed by atoms with E-state index in [4.69, 9.17) is 33.2 Å². The van der Waals surface area contributed by atoms with Gasteiger partial charge in [0.05, 0.1) is 7.11 Å². The molecule has 0 aliphatic carbocycles. The number of ether oxygens (including phenoxy) is 7. The summed E-state index contributed by atoms with van der Waals surface area (Å²) in [6, 6.07) is -1.62. The van der Waals surface area contributed by atoms with Gasteiger partial charge in [0, 0.05) is 41.0 Å². The third kappa shape index (κ3) is 17.1. The predicted octanol–water partition coefficient (Wildman–Crippen LogP) is 5.81. The molecule has 53 heavy (non-hydrogen) atoms. The van der Waals surface area contributed by atoms with Crippen LogP contribution in [0.25, 0.3) is 0 Å². The molecule has 1 rings (SSSR count). The van der Waals surface area contributed by atoms with Crippen LogP contribution in [0.4, 0.5) is 4.79 Å². The second kappa shape index (κ2) is 23.4. The Morgan fingerprint density at radius 1 is 0.792 bits per heavy atom. The Morgan fingerprint density at radius 2 is 1.34 bits per heavy atom. The summed E-state index contributed by atoms with van der Waals surface area (Å²) in [5.41, 5.74) is -1.10. The van der Waals surface area contributed by atoms with E-state index in [0.29, 0.717) is 17.1 Å². The molecule has 6 atom stereocenters. The first kappa shape index (κ1) is 47.6. The molecule has 16 heteroatoms. The summed E-state index contributed by atoms with van der Waals surface area (Å²) in [6.07, 6.45) is 2.73. The molecular weight excluding hydrogens is 714 g/mol. The molecule has 0 radical (unpaired) electrons. The summed E-state index contributed by atoms with van der Waals surface area (Å²) < 4.78 is 39.4. The van der Waals surface area contributed by atoms with Crippen molar-refractivity contribution in [2.75, 3.05) is 19.5 Å². The Bertz CT molecular complexity index is 1240. The Labute approximate surface area is 318 Å². The molecule has 1 heterocycles. The van der Waals surface area contributed by atoms with Crippen molar-refractivity contribution in [1.82, 2.24) is 4.90 Å². The first-order valence-corrected chi connectivity index (χ1v) is 19.3. The number of hydrogen-bond acceptors (Lipinski definition) is 15. The highest BCUT2D eigenvalue weighted by Gasteiger charge is 2.61. The van der Waals surface area contributed by atoms with E-state index in [1.807, 2.05) is 0 Å². The second-order valence-electron chi connectivity index (χ2n) is 14.1. The Kier molecular flexibility index (Phi) is 21.0. The number of carbonyl (C=O) groups excluding carboxylic acids is 7. The minimum absolute atomic E-state index is 0.386. The standard InChI is InChI=1S/C37H61NO14S/c1-11-12-13-14-15-16-17-18-19-20-21-53-37(34(44)46-10)22-29(48-26(4)41)31(38(24(2)39)35(45)52-36(7,8)9)33(51-37)32(50-28(6)43)30(49-27(5)42)23-47-25(3)40/h29-33H,11-23H2,1-10H3/t29-,30+,31+,32+,33+,37-/m0/s1. The van der Waals surface area contributed by atoms with Crippen LogP contribution in [0.5, 0.6) is 0 Å². The van der Waals surface area contributed by atoms with Gasteiger partial charge in [0.2, 0.25) is 10.8 Å². The molecule has 304 valence electrons. The summed E-state index contributed by atoms with van der Waals surface area (Å²) in [6.45, 7) is 11.7. The van der Waals surface area contributed by atoms with Gasteiger partial charge in [-0.15, -0.1) is 11.8 Å². The third-order valence-electron chi connectivity index (χ3n) is 8.15. The fourth-order valence-corrected chi connectivity index (χ4v) is 7.37. The Balaban J connectivity index is 3.79. The highest BCUT2D eigenvalue weighted by Crippen LogP contribution is 2.45. The van der Waals surface area contributed by atoms with Crippen LogP contribution in [-0.2, 0) is 61.9 Å². The number of thioether (sulfide) groups is 1. The van der Waals surface area contributed by atoms with Crippen molar-refractivity contribution in [3.05, 3.63) is 0 Å². The number of rotatable bonds is 21. The van der Waals surface area contributed by atoms with Crippen LogP contribution < -0.4 is 0 Å². The number of unbranched alkanes of at least 4 members (excludes halogenated alkanes) is 9. The lowest BCUT2D eigenvalue weighted by molar-refractivity contribution is -0.232. The molecule has 0 unspecified atom stereocenters. The summed E-state index contributed by atoms with van der Waals surface area (Å²) in [4.78, 5) is 89.2. The SMILES string of the molecule is CCCCCCCCCCCCS[C@]1(C(=O)OC)C[C@H](OC(C)=O)[C@@H](N(C(C)=O)C(=O)OC(C)(C)C)[C@H]([C@H](OC(C)=O)[C@@H](COC(C)=O)OC(C)=O)O1. The fourth-order valence-electron chi connectivity index (χ4n) is 6.03. The molecule has 0 bridgehead atoms. The molecule has 0 N–H and O–H groups in total. The monoisotopic (exact) mass is 775 g/mol. The molecular formula is C37H61NO14S. The lowest BCUT2D eigenvalue weighted by Gasteiger charge is -2.50. The molecule has 0 aromatic carbocycles. The highest BCUT2D eigenvalue weighted by atomic mass is 32.2. The topological polar surface area (TPSA) is 187 Å². The van der Waals surface area contributed by atoms with Crippen molar-refractivity contribution >= 4 is 53.6 Å². The Morgan fingerprint density at radius 3 is 1.79 bits per heavy atom. The highest BCUT2D eigenvalue weighted by molar-refractivity contribution is 8.01. The van der Waals surface area contributed by atoms with Crippen molar-refractivity contribution < 1.29 is 66.7 Å². The average molecular weight is 776 g/mol. The predicted molar refractivity (Wildman–Crippen MR) is 194 cm³/mol. The van der Waals surface area contributed by atoms with Crippen molar-refractivity contribution in [2.24, 2.45) is 0 Å². The van der Waals surface area contributed by atoms with Gasteiger partial charge < -0.3 is 33.2 Å². The number of methoxy groups -OCH3 is 1. The molecule has 0 saturated carbocycles. The van der Waals surface area contributed by atoms with Gasteiger partial charge in [-0.25, -0.2) is 14.5 Å². The maximum Gasteiger partial charge on any atom is 0.417 e. The van der Waals surface area contributed by atoms with E-state index in [2.05, 4.69) is 6.92 Å². The van der Waals surface area contributed by atoms with Gasteiger partial charge in [0.25, 0.3) is 0 Å². The first-order chi connectivity index (χ1) is 24.8. The van der Waals surface area contributed by atoms with E-state index in [0.717, 1.165) is 79.2 Å². The van der Waals surface area contributed by atoms with Crippen LogP contribution >= 0.6 is 11.8 Å². The van der Waals surface area contributed by atoms with Gasteiger partial charge in [-0.1, -0.05) is 64.7 Å². The van der Waals surface area contributed by atoms with Crippen molar-refractivity contribution in [2.45, 2.75) is 174 Å². The van der Waals surface area contributed by atoms with Gasteiger partial charge in [0.1, 0.15) is 30.5 Å². The van der Waals surface area contributed by atoms with E-state index in [1.54, 1.807) is 20.8 Å². The van der Waals surface area contributed by atoms with Crippen molar-refractivity contribution in [3.63, 3.8) is 0 Å². The van der Waals surface area contributed by atoms with Crippen molar-refractivity contribution in [1.29, 1.82) is 0 Å². The summed E-state index contributed by atoms with van der Waals surface area (Å²) >= 11 is 1.07. The van der Waals surface area contributed by atoms with Crippen LogP contribution in [0.15, 0.2) is 0 Å². The van der Waals surface area contributed by atoms with Crippen LogP contribution in [-0.4, -0.2) is 107 Å². The lowest BCUT2D eigenvalue weighted by atomic mass is 9.88. The number of amides is 2. The van der Waals surface area contributed by atoms with Gasteiger partial charge in [-0.2, -0.15) is 0 Å². The zero-order valence-corrected chi connectivity index (χ0v) is 34.0. The molecule has 0 aromatic rings. The molecule has 2 amide bonds. The molecule has 1 saturated heterocycles. The van der Waals surface area contributed by atoms with Crippen LogP contribution in [0.1, 0.15) is 133 Å². The summed E-state index contributed by atoms with van der Waals surface area (Å²) in [7, 11) is 1.14. The minimum atomic E-state index is -1.94. The number of nitrogens with zero attached hydrogens (tertiary/aromatic N) is 1. The quantitative estimate of drug-likeness (QED) is 0.0772. The smallest absolute Gasteiger partial charge is 0.417 e. The van der Waals surface area contributed by atoms with Gasteiger partial charge >= 0.3 is 35.9 Å². The molecule has 1 aliphatic heterocycles. The van der Waals surface area contributed by atoms with Gasteiger partial charge in [-0.3, -0.25) is 24.0 Å². The zero-order chi connectivity index (χ0) is 40.4. The normalized spacial score (nSPS) is 21.0. The summed E-state index contributed by atoms with van der Waals surface area (Å²) in [5.74, 6) is -4.74. The van der Waals surface area contributed by atoms with E-state index in [-0.39, 0.29) is 0 Å². The molecule has 15 nitrogen and oxygen atoms in total. The molecule has 1 fully saturated rings. The van der Waals surface area contributed by atoms with Crippen LogP contribution in [0.2, 0.25) is 0 Å². The molecule has 0 aromatic heterocycles. The maximum absolute atomic E-state index is 13.8. The number of carbonyl (C=O) groups is 7. The number of imide groups is 1. The van der Waals surface area contributed by atoms with Gasteiger partial charge in [-0.05, 0) is 32.9 Å². The minimum Gasteiger partial charge on any atom is -0.466 e. The van der Waals surface area contributed by atoms with Crippen LogP contribution in [0, 0.1) is 0 Å². The lowest BCUT2D eigenvalue weighted by Crippen LogP contribution is -2.69. The second-order valence-corrected chi connectivity index (χ2v) is 15.5. The fraction of sp³-hybridized carbons (Fsp3) is 0.811. The van der Waals surface area contributed by atoms with Crippen LogP contribution in [0.3, 0.4) is 0 Å².